The summed E-state index contributed by atoms with van der Waals surface area (Å²) in [5.74, 6) is 1.19. The van der Waals surface area contributed by atoms with Crippen molar-refractivity contribution >= 4 is 39.3 Å². The Hall–Kier alpha value is -0.780. The normalized spacial score (nSPS) is 10.5. The molecule has 2 aromatic rings. The van der Waals surface area contributed by atoms with Gasteiger partial charge in [0.1, 0.15) is 0 Å². The number of rotatable bonds is 4. The van der Waals surface area contributed by atoms with E-state index in [0.29, 0.717) is 21.9 Å². The minimum Gasteiger partial charge on any atom is -0.411 e. The number of thioether (sulfide) groups is 1. The second-order valence-electron chi connectivity index (χ2n) is 3.19. The quantitative estimate of drug-likeness (QED) is 0.779. The average molecular weight is 332 g/mol. The Labute approximate surface area is 116 Å². The first-order chi connectivity index (χ1) is 8.15. The molecule has 0 radical (unpaired) electrons. The van der Waals surface area contributed by atoms with Crippen LogP contribution >= 0.6 is 39.3 Å². The summed E-state index contributed by atoms with van der Waals surface area (Å²) in [6.45, 7) is 3.74. The molecular formula is C11H8BrClN2OS. The Morgan fingerprint density at radius 3 is 2.71 bits per heavy atom. The average Bonchev–Trinajstić information content (AvgIpc) is 2.76. The fraction of sp³-hybridized carbons (Fsp3) is 0.0909. The molecule has 0 saturated heterocycles. The number of aromatic nitrogens is 2. The molecule has 0 bridgehead atoms. The van der Waals surface area contributed by atoms with Gasteiger partial charge in [0.2, 0.25) is 5.89 Å². The molecule has 0 aliphatic heterocycles. The number of hydrogen-bond acceptors (Lipinski definition) is 4. The Morgan fingerprint density at radius 2 is 2.06 bits per heavy atom. The third-order valence-electron chi connectivity index (χ3n) is 1.85. The van der Waals surface area contributed by atoms with E-state index in [1.165, 1.54) is 11.8 Å². The highest BCUT2D eigenvalue weighted by molar-refractivity contribution is 9.11. The zero-order valence-corrected chi connectivity index (χ0v) is 11.8. The number of halogens is 2. The Balaban J connectivity index is 2.12. The lowest BCUT2D eigenvalue weighted by Gasteiger charge is -1.94. The van der Waals surface area contributed by atoms with Gasteiger partial charge in [-0.1, -0.05) is 45.9 Å². The summed E-state index contributed by atoms with van der Waals surface area (Å²) in [5, 5.41) is 9.11. The maximum atomic E-state index is 5.80. The van der Waals surface area contributed by atoms with E-state index >= 15 is 0 Å². The monoisotopic (exact) mass is 330 g/mol. The van der Waals surface area contributed by atoms with Crippen molar-refractivity contribution in [2.45, 2.75) is 5.22 Å². The molecule has 0 N–H and O–H groups in total. The summed E-state index contributed by atoms with van der Waals surface area (Å²) in [7, 11) is 0. The zero-order chi connectivity index (χ0) is 12.3. The van der Waals surface area contributed by atoms with Gasteiger partial charge in [0.15, 0.2) is 0 Å². The van der Waals surface area contributed by atoms with E-state index in [1.54, 1.807) is 12.1 Å². The number of hydrogen-bond donors (Lipinski definition) is 0. The molecule has 6 heteroatoms. The molecule has 0 unspecified atom stereocenters. The molecule has 0 fully saturated rings. The molecule has 0 amide bonds. The van der Waals surface area contributed by atoms with E-state index in [-0.39, 0.29) is 0 Å². The van der Waals surface area contributed by atoms with Gasteiger partial charge in [-0.05, 0) is 28.7 Å². The van der Waals surface area contributed by atoms with Gasteiger partial charge < -0.3 is 4.42 Å². The van der Waals surface area contributed by atoms with Crippen molar-refractivity contribution in [3.05, 3.63) is 40.3 Å². The summed E-state index contributed by atoms with van der Waals surface area (Å²) < 4.78 is 6.38. The fourth-order valence-electron chi connectivity index (χ4n) is 1.12. The van der Waals surface area contributed by atoms with Crippen LogP contribution in [0.2, 0.25) is 5.02 Å². The lowest BCUT2D eigenvalue weighted by atomic mass is 10.2. The van der Waals surface area contributed by atoms with Gasteiger partial charge in [-0.15, -0.1) is 10.2 Å². The molecule has 0 saturated carbocycles. The lowest BCUT2D eigenvalue weighted by Crippen LogP contribution is -1.77. The number of benzene rings is 1. The van der Waals surface area contributed by atoms with Crippen LogP contribution in [0, 0.1) is 0 Å². The molecule has 1 aromatic heterocycles. The molecular weight excluding hydrogens is 324 g/mol. The zero-order valence-electron chi connectivity index (χ0n) is 8.69. The van der Waals surface area contributed by atoms with E-state index in [1.807, 2.05) is 12.1 Å². The second kappa shape index (κ2) is 5.71. The molecule has 1 aromatic carbocycles. The van der Waals surface area contributed by atoms with Gasteiger partial charge in [-0.2, -0.15) is 0 Å². The van der Waals surface area contributed by atoms with Crippen molar-refractivity contribution in [3.63, 3.8) is 0 Å². The van der Waals surface area contributed by atoms with Gasteiger partial charge in [-0.3, -0.25) is 0 Å². The van der Waals surface area contributed by atoms with Crippen molar-refractivity contribution in [1.82, 2.24) is 10.2 Å². The third kappa shape index (κ3) is 3.59. The molecule has 3 nitrogen and oxygen atoms in total. The predicted octanol–water partition coefficient (Wildman–Crippen LogP) is 4.39. The molecule has 17 heavy (non-hydrogen) atoms. The minimum absolute atomic E-state index is 0.490. The highest BCUT2D eigenvalue weighted by Crippen LogP contribution is 2.25. The largest absolute Gasteiger partial charge is 0.411 e. The van der Waals surface area contributed by atoms with Crippen LogP contribution < -0.4 is 0 Å². The van der Waals surface area contributed by atoms with Crippen LogP contribution in [0.1, 0.15) is 0 Å². The summed E-state index contributed by atoms with van der Waals surface area (Å²) in [4.78, 5) is 0. The maximum Gasteiger partial charge on any atom is 0.277 e. The predicted molar refractivity (Wildman–Crippen MR) is 73.5 cm³/mol. The molecule has 0 aliphatic carbocycles. The summed E-state index contributed by atoms with van der Waals surface area (Å²) >= 11 is 10.5. The van der Waals surface area contributed by atoms with Crippen LogP contribution in [-0.2, 0) is 0 Å². The maximum absolute atomic E-state index is 5.80. The Kier molecular flexibility index (Phi) is 4.25. The smallest absolute Gasteiger partial charge is 0.277 e. The van der Waals surface area contributed by atoms with Gasteiger partial charge in [0, 0.05) is 16.3 Å². The highest BCUT2D eigenvalue weighted by atomic mass is 79.9. The first-order valence-corrected chi connectivity index (χ1v) is 6.86. The number of nitrogens with zero attached hydrogens (tertiary/aromatic N) is 2. The van der Waals surface area contributed by atoms with Gasteiger partial charge >= 0.3 is 0 Å². The highest BCUT2D eigenvalue weighted by Gasteiger charge is 2.08. The molecule has 2 rings (SSSR count). The molecule has 0 atom stereocenters. The van der Waals surface area contributed by atoms with Crippen LogP contribution in [-0.4, -0.2) is 16.0 Å². The van der Waals surface area contributed by atoms with Crippen LogP contribution in [0.4, 0.5) is 0 Å². The van der Waals surface area contributed by atoms with Crippen molar-refractivity contribution < 1.29 is 4.42 Å². The van der Waals surface area contributed by atoms with Gasteiger partial charge in [0.05, 0.1) is 0 Å². The van der Waals surface area contributed by atoms with E-state index in [2.05, 4.69) is 32.7 Å². The lowest BCUT2D eigenvalue weighted by molar-refractivity contribution is 0.466. The van der Waals surface area contributed by atoms with E-state index in [0.717, 1.165) is 10.0 Å². The topological polar surface area (TPSA) is 38.9 Å². The van der Waals surface area contributed by atoms with Crippen molar-refractivity contribution in [3.8, 4) is 11.5 Å². The van der Waals surface area contributed by atoms with E-state index in [9.17, 15) is 0 Å². The van der Waals surface area contributed by atoms with Crippen molar-refractivity contribution in [1.29, 1.82) is 0 Å². The van der Waals surface area contributed by atoms with E-state index < -0.39 is 0 Å². The van der Waals surface area contributed by atoms with Crippen molar-refractivity contribution in [2.75, 3.05) is 5.75 Å². The van der Waals surface area contributed by atoms with Gasteiger partial charge in [0.25, 0.3) is 5.22 Å². The first-order valence-electron chi connectivity index (χ1n) is 4.70. The first kappa shape index (κ1) is 12.7. The van der Waals surface area contributed by atoms with Crippen LogP contribution in [0.25, 0.3) is 11.5 Å². The summed E-state index contributed by atoms with van der Waals surface area (Å²) in [6, 6.07) is 7.25. The summed E-state index contributed by atoms with van der Waals surface area (Å²) in [5.41, 5.74) is 0.853. The summed E-state index contributed by atoms with van der Waals surface area (Å²) in [6.07, 6.45) is 0. The molecule has 0 aliphatic rings. The SMILES string of the molecule is C=C(Br)CSc1nnc(-c2ccc(Cl)cc2)o1. The Morgan fingerprint density at radius 1 is 1.35 bits per heavy atom. The second-order valence-corrected chi connectivity index (χ2v) is 5.67. The van der Waals surface area contributed by atoms with Gasteiger partial charge in [-0.25, -0.2) is 0 Å². The standard InChI is InChI=1S/C11H8BrClN2OS/c1-7(12)6-17-11-15-14-10(16-11)8-2-4-9(13)5-3-8/h2-5H,1,6H2. The third-order valence-corrected chi connectivity index (χ3v) is 3.66. The van der Waals surface area contributed by atoms with E-state index in [4.69, 9.17) is 16.0 Å². The molecule has 88 valence electrons. The van der Waals surface area contributed by atoms with Crippen LogP contribution in [0.3, 0.4) is 0 Å². The Bertz CT molecular complexity index is 527. The van der Waals surface area contributed by atoms with Crippen LogP contribution in [0.5, 0.6) is 0 Å². The van der Waals surface area contributed by atoms with Crippen molar-refractivity contribution in [2.24, 2.45) is 0 Å². The molecule has 1 heterocycles. The molecule has 0 spiro atoms. The van der Waals surface area contributed by atoms with Crippen LogP contribution in [0.15, 0.2) is 45.0 Å². The fourth-order valence-corrected chi connectivity index (χ4v) is 2.10. The minimum atomic E-state index is 0.490.